The minimum atomic E-state index is 0.284. The van der Waals surface area contributed by atoms with Gasteiger partial charge in [-0.15, -0.1) is 0 Å². The van der Waals surface area contributed by atoms with E-state index in [0.717, 1.165) is 33.8 Å². The minimum absolute atomic E-state index is 0.284. The van der Waals surface area contributed by atoms with E-state index in [-0.39, 0.29) is 6.79 Å². The number of imidazole rings is 1. The normalized spacial score (nSPS) is 13.0. The lowest BCUT2D eigenvalue weighted by atomic mass is 10.2. The lowest BCUT2D eigenvalue weighted by molar-refractivity contribution is 0.174. The molecule has 0 aliphatic carbocycles. The van der Waals surface area contributed by atoms with Gasteiger partial charge in [0.15, 0.2) is 21.9 Å². The topological polar surface area (TPSA) is 52.1 Å². The zero-order valence-electron chi connectivity index (χ0n) is 11.4. The fourth-order valence-electron chi connectivity index (χ4n) is 2.52. The van der Waals surface area contributed by atoms with Crippen molar-refractivity contribution in [3.05, 3.63) is 46.4 Å². The van der Waals surface area contributed by atoms with Gasteiger partial charge in [0.05, 0.1) is 12.1 Å². The number of hydrogen-bond donors (Lipinski definition) is 1. The fraction of sp³-hybridized carbons (Fsp3) is 0.200. The molecular formula is C15H13N3O2S. The van der Waals surface area contributed by atoms with E-state index < -0.39 is 0 Å². The smallest absolute Gasteiger partial charge is 0.231 e. The first-order valence-electron chi connectivity index (χ1n) is 6.64. The number of benzene rings is 1. The summed E-state index contributed by atoms with van der Waals surface area (Å²) in [6.45, 7) is 2.94. The second-order valence-corrected chi connectivity index (χ2v) is 5.47. The monoisotopic (exact) mass is 299 g/mol. The molecule has 21 heavy (non-hydrogen) atoms. The SMILES string of the molecule is Cc1cnc2c(c1)[nH]c(=S)n2Cc1ccc2c(c1)OCO2. The van der Waals surface area contributed by atoms with Crippen molar-refractivity contribution in [1.29, 1.82) is 0 Å². The van der Waals surface area contributed by atoms with Crippen LogP contribution < -0.4 is 9.47 Å². The third-order valence-corrected chi connectivity index (χ3v) is 3.85. The number of ether oxygens (including phenoxy) is 2. The molecule has 0 radical (unpaired) electrons. The first-order valence-corrected chi connectivity index (χ1v) is 7.05. The number of rotatable bonds is 2. The molecule has 1 N–H and O–H groups in total. The highest BCUT2D eigenvalue weighted by atomic mass is 32.1. The van der Waals surface area contributed by atoms with Crippen molar-refractivity contribution in [2.75, 3.05) is 6.79 Å². The maximum atomic E-state index is 5.41. The number of pyridine rings is 1. The van der Waals surface area contributed by atoms with Gasteiger partial charge in [0.2, 0.25) is 6.79 Å². The third kappa shape index (κ3) is 2.08. The van der Waals surface area contributed by atoms with E-state index in [1.165, 1.54) is 0 Å². The van der Waals surface area contributed by atoms with Crippen LogP contribution in [-0.2, 0) is 6.54 Å². The number of nitrogens with zero attached hydrogens (tertiary/aromatic N) is 2. The highest BCUT2D eigenvalue weighted by Gasteiger charge is 2.14. The number of aromatic amines is 1. The summed E-state index contributed by atoms with van der Waals surface area (Å²) in [5.41, 5.74) is 4.02. The average Bonchev–Trinajstić information content (AvgIpc) is 3.03. The van der Waals surface area contributed by atoms with Gasteiger partial charge < -0.3 is 14.5 Å². The number of hydrogen-bond acceptors (Lipinski definition) is 4. The van der Waals surface area contributed by atoms with Crippen LogP contribution >= 0.6 is 12.2 Å². The van der Waals surface area contributed by atoms with Crippen molar-refractivity contribution in [3.63, 3.8) is 0 Å². The molecule has 0 bridgehead atoms. The van der Waals surface area contributed by atoms with Crippen LogP contribution in [0.4, 0.5) is 0 Å². The summed E-state index contributed by atoms with van der Waals surface area (Å²) in [6, 6.07) is 7.97. The Kier molecular flexibility index (Phi) is 2.71. The zero-order valence-corrected chi connectivity index (χ0v) is 12.2. The quantitative estimate of drug-likeness (QED) is 0.738. The van der Waals surface area contributed by atoms with Crippen LogP contribution in [0.1, 0.15) is 11.1 Å². The predicted molar refractivity (Wildman–Crippen MR) is 81.3 cm³/mol. The molecular weight excluding hydrogens is 286 g/mol. The molecule has 0 saturated heterocycles. The summed E-state index contributed by atoms with van der Waals surface area (Å²) in [6.07, 6.45) is 1.85. The first kappa shape index (κ1) is 12.4. The summed E-state index contributed by atoms with van der Waals surface area (Å²) in [5.74, 6) is 1.57. The van der Waals surface area contributed by atoms with Gasteiger partial charge in [-0.25, -0.2) is 4.98 Å². The first-order chi connectivity index (χ1) is 10.2. The van der Waals surface area contributed by atoms with E-state index in [0.29, 0.717) is 11.3 Å². The second-order valence-electron chi connectivity index (χ2n) is 5.09. The maximum Gasteiger partial charge on any atom is 0.231 e. The van der Waals surface area contributed by atoms with Gasteiger partial charge in [0.25, 0.3) is 0 Å². The van der Waals surface area contributed by atoms with Crippen molar-refractivity contribution in [1.82, 2.24) is 14.5 Å². The molecule has 3 aromatic rings. The third-order valence-electron chi connectivity index (χ3n) is 3.52. The van der Waals surface area contributed by atoms with E-state index >= 15 is 0 Å². The fourth-order valence-corrected chi connectivity index (χ4v) is 2.78. The van der Waals surface area contributed by atoms with Crippen molar-refractivity contribution >= 4 is 23.4 Å². The summed E-state index contributed by atoms with van der Waals surface area (Å²) in [5, 5.41) is 0. The molecule has 0 spiro atoms. The van der Waals surface area contributed by atoms with Gasteiger partial charge in [-0.1, -0.05) is 6.07 Å². The maximum absolute atomic E-state index is 5.41. The van der Waals surface area contributed by atoms with E-state index in [4.69, 9.17) is 21.7 Å². The van der Waals surface area contributed by atoms with Gasteiger partial charge in [-0.2, -0.15) is 0 Å². The Labute approximate surface area is 126 Å². The predicted octanol–water partition coefficient (Wildman–Crippen LogP) is 3.18. The number of fused-ring (bicyclic) bond motifs is 2. The second kappa shape index (κ2) is 4.60. The number of H-pyrrole nitrogens is 1. The van der Waals surface area contributed by atoms with E-state index in [1.54, 1.807) is 0 Å². The summed E-state index contributed by atoms with van der Waals surface area (Å²) >= 11 is 5.41. The molecule has 4 rings (SSSR count). The van der Waals surface area contributed by atoms with Crippen molar-refractivity contribution < 1.29 is 9.47 Å². The van der Waals surface area contributed by atoms with Crippen LogP contribution in [-0.4, -0.2) is 21.3 Å². The van der Waals surface area contributed by atoms with E-state index in [1.807, 2.05) is 42.0 Å². The average molecular weight is 299 g/mol. The van der Waals surface area contributed by atoms with Crippen molar-refractivity contribution in [3.8, 4) is 11.5 Å². The van der Waals surface area contributed by atoms with Crippen LogP contribution in [0.3, 0.4) is 0 Å². The molecule has 5 nitrogen and oxygen atoms in total. The van der Waals surface area contributed by atoms with E-state index in [2.05, 4.69) is 9.97 Å². The van der Waals surface area contributed by atoms with Gasteiger partial charge >= 0.3 is 0 Å². The highest BCUT2D eigenvalue weighted by molar-refractivity contribution is 7.71. The van der Waals surface area contributed by atoms with Gasteiger partial charge in [-0.05, 0) is 48.5 Å². The Hall–Kier alpha value is -2.34. The number of nitrogens with one attached hydrogen (secondary N) is 1. The van der Waals surface area contributed by atoms with Crippen LogP contribution in [0.2, 0.25) is 0 Å². The lowest BCUT2D eigenvalue weighted by Gasteiger charge is -2.05. The Morgan fingerprint density at radius 3 is 3.05 bits per heavy atom. The Balaban J connectivity index is 1.77. The molecule has 1 aromatic carbocycles. The summed E-state index contributed by atoms with van der Waals surface area (Å²) < 4.78 is 13.4. The number of aryl methyl sites for hydroxylation is 1. The van der Waals surface area contributed by atoms with Gasteiger partial charge in [0.1, 0.15) is 0 Å². The molecule has 0 atom stereocenters. The molecule has 1 aliphatic rings. The Bertz CT molecular complexity index is 898. The van der Waals surface area contributed by atoms with Crippen molar-refractivity contribution in [2.24, 2.45) is 0 Å². The molecule has 0 saturated carbocycles. The van der Waals surface area contributed by atoms with E-state index in [9.17, 15) is 0 Å². The van der Waals surface area contributed by atoms with Crippen LogP contribution in [0.15, 0.2) is 30.5 Å². The Morgan fingerprint density at radius 2 is 2.14 bits per heavy atom. The molecule has 6 heteroatoms. The molecule has 1 aliphatic heterocycles. The standard InChI is InChI=1S/C15H13N3O2S/c1-9-4-11-14(16-6-9)18(15(21)17-11)7-10-2-3-12-13(5-10)20-8-19-12/h2-6H,7-8H2,1H3,(H,17,21). The molecule has 106 valence electrons. The van der Waals surface area contributed by atoms with Crippen LogP contribution in [0.5, 0.6) is 11.5 Å². The van der Waals surface area contributed by atoms with Crippen LogP contribution in [0, 0.1) is 11.7 Å². The van der Waals surface area contributed by atoms with Crippen LogP contribution in [0.25, 0.3) is 11.2 Å². The molecule has 0 fully saturated rings. The molecule has 3 heterocycles. The Morgan fingerprint density at radius 1 is 1.29 bits per heavy atom. The van der Waals surface area contributed by atoms with Gasteiger partial charge in [0, 0.05) is 6.20 Å². The van der Waals surface area contributed by atoms with Crippen molar-refractivity contribution in [2.45, 2.75) is 13.5 Å². The largest absolute Gasteiger partial charge is 0.454 e. The minimum Gasteiger partial charge on any atom is -0.454 e. The molecule has 0 amide bonds. The van der Waals surface area contributed by atoms with Gasteiger partial charge in [-0.3, -0.25) is 4.57 Å². The molecule has 0 unspecified atom stereocenters. The zero-order chi connectivity index (χ0) is 14.4. The lowest BCUT2D eigenvalue weighted by Crippen LogP contribution is -2.01. The summed E-state index contributed by atoms with van der Waals surface area (Å²) in [4.78, 5) is 7.68. The summed E-state index contributed by atoms with van der Waals surface area (Å²) in [7, 11) is 0. The number of aromatic nitrogens is 3. The molecule has 2 aromatic heterocycles. The highest BCUT2D eigenvalue weighted by Crippen LogP contribution is 2.32.